The average molecular weight is 372 g/mol. The van der Waals surface area contributed by atoms with Crippen molar-refractivity contribution in [3.05, 3.63) is 0 Å². The molecule has 0 radical (unpaired) electrons. The minimum absolute atomic E-state index is 1.70. The minimum atomic E-state index is 1.70. The fraction of sp³-hybridized carbons (Fsp3) is 0. The molecule has 0 spiro atoms. The quantitative estimate of drug-likeness (QED) is 0.546. The third-order valence-electron chi connectivity index (χ3n) is 0. The zero-order chi connectivity index (χ0) is 6.00. The molecule has 0 atom stereocenters. The Kier molecular flexibility index (Phi) is 208. The molecule has 0 heterocycles. The van der Waals surface area contributed by atoms with Crippen molar-refractivity contribution < 1.29 is 72.9 Å². The van der Waals surface area contributed by atoms with E-state index in [4.69, 9.17) is 9.75 Å². The number of rotatable bonds is 0. The summed E-state index contributed by atoms with van der Waals surface area (Å²) in [5, 5.41) is 0. The molecule has 0 amide bonds. The van der Waals surface area contributed by atoms with Gasteiger partial charge in [0.05, 0.1) is 0 Å². The van der Waals surface area contributed by atoms with E-state index in [1.165, 1.54) is 0 Å². The fourth-order valence-electron chi connectivity index (χ4n) is 0. The van der Waals surface area contributed by atoms with Crippen LogP contribution in [-0.4, -0.2) is 0 Å². The molecule has 3 nitrogen and oxygen atoms in total. The Morgan fingerprint density at radius 2 is 0.500 bits per heavy atom. The van der Waals surface area contributed by atoms with Crippen molar-refractivity contribution in [3.63, 3.8) is 0 Å². The molecule has 0 aliphatic carbocycles. The van der Waals surface area contributed by atoms with Crippen LogP contribution in [0.2, 0.25) is 0 Å². The molecule has 0 fully saturated rings. The van der Waals surface area contributed by atoms with E-state index in [-0.39, 0.29) is 0 Å². The van der Waals surface area contributed by atoms with Gasteiger partial charge in [0, 0.05) is 0 Å². The van der Waals surface area contributed by atoms with Gasteiger partial charge in [-0.25, -0.2) is 0 Å². The van der Waals surface area contributed by atoms with Gasteiger partial charge in [-0.2, -0.15) is 0 Å². The summed E-state index contributed by atoms with van der Waals surface area (Å²) in [6.45, 7) is 0. The molecule has 0 aromatic heterocycles. The van der Waals surface area contributed by atoms with Crippen molar-refractivity contribution in [2.24, 2.45) is 0 Å². The Balaban J connectivity index is -0.0000000225. The predicted octanol–water partition coefficient (Wildman–Crippen LogP) is -0.364. The molecule has 0 aromatic carbocycles. The van der Waals surface area contributed by atoms with Crippen LogP contribution in [0, 0.1) is 0 Å². The second-order valence-electron chi connectivity index (χ2n) is 0. The van der Waals surface area contributed by atoms with Crippen molar-refractivity contribution in [1.82, 2.24) is 0 Å². The Morgan fingerprint density at radius 1 is 0.500 bits per heavy atom. The molecule has 0 aliphatic heterocycles. The topological polar surface area (TPSA) is 51.2 Å². The predicted molar refractivity (Wildman–Crippen MR) is 2.06 cm³/mol. The zero-order valence-electron chi connectivity index (χ0n) is 2.13. The van der Waals surface area contributed by atoms with Crippen LogP contribution in [0.3, 0.4) is 0 Å². The molecule has 51 valence electrons. The third-order valence-corrected chi connectivity index (χ3v) is 0. The summed E-state index contributed by atoms with van der Waals surface area (Å²) >= 11 is 5.10. The van der Waals surface area contributed by atoms with Gasteiger partial charge in [-0.15, -0.1) is 0 Å². The normalized spacial score (nSPS) is 3.00. The molecule has 0 bridgehead atoms. The molecule has 0 aromatic rings. The molecule has 0 saturated heterocycles. The molecule has 0 N–H and O–H groups in total. The van der Waals surface area contributed by atoms with Gasteiger partial charge < -0.3 is 0 Å². The number of hydrogen-bond donors (Lipinski definition) is 0. The second kappa shape index (κ2) is 79.6. The summed E-state index contributed by atoms with van der Waals surface area (Å²) < 4.78 is 24.2. The van der Waals surface area contributed by atoms with E-state index in [0.717, 1.165) is 0 Å². The van der Waals surface area contributed by atoms with E-state index in [0.29, 0.717) is 0 Å². The molecule has 0 unspecified atom stereocenters. The van der Waals surface area contributed by atoms with Crippen molar-refractivity contribution in [2.45, 2.75) is 0 Å². The first kappa shape index (κ1) is 15.6. The fourth-order valence-corrected chi connectivity index (χ4v) is 0. The van der Waals surface area contributed by atoms with Crippen molar-refractivity contribution >= 4 is 0 Å². The van der Waals surface area contributed by atoms with Crippen LogP contribution in [-0.2, 0) is 72.9 Å². The molecule has 6 heavy (non-hydrogen) atoms. The summed E-state index contributed by atoms with van der Waals surface area (Å²) in [5.41, 5.74) is 0. The Bertz CT molecular complexity index is 10.8. The van der Waals surface area contributed by atoms with Crippen LogP contribution in [0.5, 0.6) is 0 Å². The van der Waals surface area contributed by atoms with Gasteiger partial charge in [0.2, 0.25) is 0 Å². The molecule has 6 heteroatoms. The Labute approximate surface area is 72.0 Å². The van der Waals surface area contributed by atoms with Crippen molar-refractivity contribution in [1.29, 1.82) is 0 Å². The van der Waals surface area contributed by atoms with E-state index in [9.17, 15) is 0 Å². The summed E-state index contributed by atoms with van der Waals surface area (Å²) in [7, 11) is 0. The van der Waals surface area contributed by atoms with E-state index >= 15 is 0 Å². The van der Waals surface area contributed by atoms with Crippen LogP contribution < -0.4 is 0 Å². The molecule has 0 saturated carbocycles. The van der Waals surface area contributed by atoms with Gasteiger partial charge >= 0.3 is 72.9 Å². The maximum absolute atomic E-state index is 8.06. The van der Waals surface area contributed by atoms with E-state index in [2.05, 4.69) is 0 Å². The average Bonchev–Trinajstić information content (AvgIpc) is 1.81. The summed E-state index contributed by atoms with van der Waals surface area (Å²) in [4.78, 5) is 0. The first-order chi connectivity index (χ1) is 3.00. The van der Waals surface area contributed by atoms with Gasteiger partial charge in [-0.1, -0.05) is 0 Å². The third kappa shape index (κ3) is 45.7. The van der Waals surface area contributed by atoms with Gasteiger partial charge in [0.25, 0.3) is 0 Å². The van der Waals surface area contributed by atoms with Gasteiger partial charge in [-0.3, -0.25) is 0 Å². The van der Waals surface area contributed by atoms with E-state index in [1.807, 2.05) is 0 Å². The van der Waals surface area contributed by atoms with Crippen LogP contribution in [0.4, 0.5) is 0 Å². The monoisotopic (exact) mass is 369 g/mol. The van der Waals surface area contributed by atoms with Crippen LogP contribution >= 0.6 is 0 Å². The Morgan fingerprint density at radius 3 is 0.500 bits per heavy atom. The van der Waals surface area contributed by atoms with Crippen LogP contribution in [0.25, 0.3) is 0 Å². The van der Waals surface area contributed by atoms with Crippen LogP contribution in [0.15, 0.2) is 0 Å². The van der Waals surface area contributed by atoms with Crippen molar-refractivity contribution in [3.8, 4) is 0 Å². The standard InChI is InChI=1S/3Ag.3O. The van der Waals surface area contributed by atoms with Gasteiger partial charge in [-0.05, 0) is 0 Å². The zero-order valence-corrected chi connectivity index (χ0v) is 6.58. The summed E-state index contributed by atoms with van der Waals surface area (Å²) in [6, 6.07) is 0. The SMILES string of the molecule is [O]=[Ag].[O]=[Ag].[O]=[Ag]. The molecular weight excluding hydrogens is 372 g/mol. The maximum atomic E-state index is 8.06. The first-order valence-electron chi connectivity index (χ1n) is 0.369. The van der Waals surface area contributed by atoms with E-state index in [1.54, 1.807) is 63.1 Å². The van der Waals surface area contributed by atoms with Crippen LogP contribution in [0.1, 0.15) is 0 Å². The van der Waals surface area contributed by atoms with Gasteiger partial charge in [0.15, 0.2) is 0 Å². The molecular formula is Ag3O3. The Hall–Kier alpha value is 1.62. The van der Waals surface area contributed by atoms with E-state index < -0.39 is 0 Å². The second-order valence-corrected chi connectivity index (χ2v) is 0. The summed E-state index contributed by atoms with van der Waals surface area (Å²) in [5.74, 6) is 0. The number of hydrogen-bond acceptors (Lipinski definition) is 3. The van der Waals surface area contributed by atoms with Crippen molar-refractivity contribution in [2.75, 3.05) is 0 Å². The molecule has 0 aliphatic rings. The first-order valence-corrected chi connectivity index (χ1v) is 2.18. The molecule has 0 rings (SSSR count). The summed E-state index contributed by atoms with van der Waals surface area (Å²) in [6.07, 6.45) is 0. The van der Waals surface area contributed by atoms with Gasteiger partial charge in [0.1, 0.15) is 0 Å².